The second kappa shape index (κ2) is 12.2. The molecule has 0 spiro atoms. The fraction of sp³-hybridized carbons (Fsp3) is 0.800. The van der Waals surface area contributed by atoms with Gasteiger partial charge in [-0.25, -0.2) is 0 Å². The summed E-state index contributed by atoms with van der Waals surface area (Å²) in [6.45, 7) is 2.21. The normalized spacial score (nSPS) is 20.0. The molecule has 0 heterocycles. The SMILES string of the molecule is CCCCCCC#C[C@H]1CCC[C@@H]1C(=O)CCCCCC(=O)O. The van der Waals surface area contributed by atoms with E-state index in [-0.39, 0.29) is 18.3 Å². The van der Waals surface area contributed by atoms with Gasteiger partial charge in [0, 0.05) is 31.1 Å². The Bertz CT molecular complexity index is 416. The Kier molecular flexibility index (Phi) is 10.4. The zero-order valence-corrected chi connectivity index (χ0v) is 14.6. The minimum absolute atomic E-state index is 0.137. The first kappa shape index (κ1) is 19.7. The van der Waals surface area contributed by atoms with Crippen molar-refractivity contribution in [1.29, 1.82) is 0 Å². The number of carboxylic acid groups (broad SMARTS) is 1. The predicted octanol–water partition coefficient (Wildman–Crippen LogP) is 4.98. The van der Waals surface area contributed by atoms with Crippen molar-refractivity contribution in [2.24, 2.45) is 11.8 Å². The van der Waals surface area contributed by atoms with Crippen molar-refractivity contribution in [3.63, 3.8) is 0 Å². The van der Waals surface area contributed by atoms with E-state index in [2.05, 4.69) is 18.8 Å². The van der Waals surface area contributed by atoms with Gasteiger partial charge in [-0.2, -0.15) is 0 Å². The first-order valence-electron chi connectivity index (χ1n) is 9.38. The van der Waals surface area contributed by atoms with Crippen LogP contribution in [0.1, 0.15) is 90.4 Å². The third kappa shape index (κ3) is 8.79. The maximum Gasteiger partial charge on any atom is 0.303 e. The van der Waals surface area contributed by atoms with Gasteiger partial charge in [0.25, 0.3) is 0 Å². The number of carbonyl (C=O) groups excluding carboxylic acids is 1. The maximum atomic E-state index is 12.3. The highest BCUT2D eigenvalue weighted by Crippen LogP contribution is 2.33. The molecule has 1 aliphatic carbocycles. The van der Waals surface area contributed by atoms with Gasteiger partial charge in [0.1, 0.15) is 5.78 Å². The number of carboxylic acids is 1. The van der Waals surface area contributed by atoms with E-state index in [1.54, 1.807) is 0 Å². The lowest BCUT2D eigenvalue weighted by Gasteiger charge is -2.13. The molecule has 0 aliphatic heterocycles. The zero-order chi connectivity index (χ0) is 16.9. The third-order valence-corrected chi connectivity index (χ3v) is 4.69. The van der Waals surface area contributed by atoms with Crippen LogP contribution in [-0.2, 0) is 9.59 Å². The molecule has 1 N–H and O–H groups in total. The van der Waals surface area contributed by atoms with E-state index in [0.717, 1.165) is 38.5 Å². The lowest BCUT2D eigenvalue weighted by Crippen LogP contribution is -2.17. The first-order chi connectivity index (χ1) is 11.1. The van der Waals surface area contributed by atoms with Crippen LogP contribution in [-0.4, -0.2) is 16.9 Å². The molecule has 0 radical (unpaired) electrons. The van der Waals surface area contributed by atoms with E-state index >= 15 is 0 Å². The molecule has 1 saturated carbocycles. The summed E-state index contributed by atoms with van der Waals surface area (Å²) in [4.78, 5) is 22.8. The number of unbranched alkanes of at least 4 members (excludes halogenated alkanes) is 6. The number of rotatable bonds is 11. The first-order valence-corrected chi connectivity index (χ1v) is 9.38. The van der Waals surface area contributed by atoms with E-state index in [1.807, 2.05) is 0 Å². The number of aliphatic carboxylic acids is 1. The molecule has 1 fully saturated rings. The van der Waals surface area contributed by atoms with E-state index in [1.165, 1.54) is 25.7 Å². The average molecular weight is 320 g/mol. The zero-order valence-electron chi connectivity index (χ0n) is 14.6. The minimum Gasteiger partial charge on any atom is -0.481 e. The maximum absolute atomic E-state index is 12.3. The van der Waals surface area contributed by atoms with Crippen molar-refractivity contribution in [3.8, 4) is 11.8 Å². The van der Waals surface area contributed by atoms with E-state index < -0.39 is 5.97 Å². The molecule has 0 aromatic heterocycles. The molecular formula is C20H32O3. The second-order valence-corrected chi connectivity index (χ2v) is 6.70. The molecule has 0 bridgehead atoms. The van der Waals surface area contributed by atoms with Crippen LogP contribution >= 0.6 is 0 Å². The Morgan fingerprint density at radius 1 is 1.00 bits per heavy atom. The summed E-state index contributed by atoms with van der Waals surface area (Å²) in [5, 5.41) is 8.60. The van der Waals surface area contributed by atoms with Crippen LogP contribution in [0, 0.1) is 23.7 Å². The topological polar surface area (TPSA) is 54.4 Å². The molecule has 1 rings (SSSR count). The Balaban J connectivity index is 2.24. The average Bonchev–Trinajstić information content (AvgIpc) is 2.98. The minimum atomic E-state index is -0.749. The molecule has 23 heavy (non-hydrogen) atoms. The van der Waals surface area contributed by atoms with Crippen molar-refractivity contribution < 1.29 is 14.7 Å². The Labute approximate surface area is 141 Å². The van der Waals surface area contributed by atoms with Gasteiger partial charge in [-0.3, -0.25) is 9.59 Å². The lowest BCUT2D eigenvalue weighted by molar-refractivity contribution is -0.137. The van der Waals surface area contributed by atoms with Gasteiger partial charge in [-0.05, 0) is 32.1 Å². The monoisotopic (exact) mass is 320 g/mol. The summed E-state index contributed by atoms with van der Waals surface area (Å²) in [5.41, 5.74) is 0. The van der Waals surface area contributed by atoms with Gasteiger partial charge >= 0.3 is 5.97 Å². The highest BCUT2D eigenvalue weighted by Gasteiger charge is 2.30. The number of hydrogen-bond acceptors (Lipinski definition) is 2. The molecule has 3 nitrogen and oxygen atoms in total. The molecule has 0 saturated heterocycles. The number of carbonyl (C=O) groups is 2. The predicted molar refractivity (Wildman–Crippen MR) is 93.1 cm³/mol. The summed E-state index contributed by atoms with van der Waals surface area (Å²) in [7, 11) is 0. The van der Waals surface area contributed by atoms with Crippen molar-refractivity contribution in [3.05, 3.63) is 0 Å². The standard InChI is InChI=1S/C20H32O3/c1-2-3-4-5-6-8-12-17-13-11-14-18(17)19(21)15-9-7-10-16-20(22)23/h17-18H,2-7,9-11,13-16H2,1H3,(H,22,23)/t17-,18-/m0/s1. The lowest BCUT2D eigenvalue weighted by atomic mass is 9.89. The third-order valence-electron chi connectivity index (χ3n) is 4.69. The van der Waals surface area contributed by atoms with Gasteiger partial charge in [0.05, 0.1) is 0 Å². The smallest absolute Gasteiger partial charge is 0.303 e. The van der Waals surface area contributed by atoms with Crippen LogP contribution in [0.5, 0.6) is 0 Å². The molecule has 3 heteroatoms. The molecule has 1 aliphatic rings. The van der Waals surface area contributed by atoms with Gasteiger partial charge in [-0.1, -0.05) is 44.9 Å². The fourth-order valence-electron chi connectivity index (χ4n) is 3.30. The Morgan fingerprint density at radius 3 is 2.48 bits per heavy atom. The largest absolute Gasteiger partial charge is 0.481 e. The fourth-order valence-corrected chi connectivity index (χ4v) is 3.30. The van der Waals surface area contributed by atoms with E-state index in [4.69, 9.17) is 5.11 Å². The van der Waals surface area contributed by atoms with Crippen molar-refractivity contribution in [2.75, 3.05) is 0 Å². The quantitative estimate of drug-likeness (QED) is 0.431. The molecule has 0 aromatic carbocycles. The van der Waals surface area contributed by atoms with Crippen LogP contribution < -0.4 is 0 Å². The van der Waals surface area contributed by atoms with Crippen LogP contribution in [0.4, 0.5) is 0 Å². The Morgan fingerprint density at radius 2 is 1.74 bits per heavy atom. The van der Waals surface area contributed by atoms with Crippen molar-refractivity contribution >= 4 is 11.8 Å². The van der Waals surface area contributed by atoms with Gasteiger partial charge in [0.15, 0.2) is 0 Å². The second-order valence-electron chi connectivity index (χ2n) is 6.70. The molecule has 0 aromatic rings. The Hall–Kier alpha value is -1.30. The number of hydrogen-bond donors (Lipinski definition) is 1. The van der Waals surface area contributed by atoms with E-state index in [0.29, 0.717) is 18.6 Å². The summed E-state index contributed by atoms with van der Waals surface area (Å²) < 4.78 is 0. The summed E-state index contributed by atoms with van der Waals surface area (Å²) in [5.74, 6) is 6.66. The molecule has 0 unspecified atom stereocenters. The summed E-state index contributed by atoms with van der Waals surface area (Å²) in [6.07, 6.45) is 12.2. The molecule has 0 amide bonds. The summed E-state index contributed by atoms with van der Waals surface area (Å²) >= 11 is 0. The van der Waals surface area contributed by atoms with Crippen LogP contribution in [0.3, 0.4) is 0 Å². The molecular weight excluding hydrogens is 288 g/mol. The van der Waals surface area contributed by atoms with Gasteiger partial charge < -0.3 is 5.11 Å². The number of Topliss-reactive ketones (excluding diaryl/α,β-unsaturated/α-hetero) is 1. The van der Waals surface area contributed by atoms with Crippen molar-refractivity contribution in [1.82, 2.24) is 0 Å². The number of ketones is 1. The van der Waals surface area contributed by atoms with Crippen LogP contribution in [0.15, 0.2) is 0 Å². The van der Waals surface area contributed by atoms with Gasteiger partial charge in [-0.15, -0.1) is 5.92 Å². The molecule has 130 valence electrons. The van der Waals surface area contributed by atoms with Gasteiger partial charge in [0.2, 0.25) is 0 Å². The van der Waals surface area contributed by atoms with Crippen molar-refractivity contribution in [2.45, 2.75) is 90.4 Å². The highest BCUT2D eigenvalue weighted by molar-refractivity contribution is 5.82. The highest BCUT2D eigenvalue weighted by atomic mass is 16.4. The van der Waals surface area contributed by atoms with Crippen LogP contribution in [0.2, 0.25) is 0 Å². The van der Waals surface area contributed by atoms with E-state index in [9.17, 15) is 9.59 Å². The summed E-state index contributed by atoms with van der Waals surface area (Å²) in [6, 6.07) is 0. The van der Waals surface area contributed by atoms with Crippen LogP contribution in [0.25, 0.3) is 0 Å². The molecule has 2 atom stereocenters.